The summed E-state index contributed by atoms with van der Waals surface area (Å²) >= 11 is 7.00. The van der Waals surface area contributed by atoms with Crippen molar-refractivity contribution in [1.82, 2.24) is 9.78 Å². The second-order valence-corrected chi connectivity index (χ2v) is 7.91. The Morgan fingerprint density at radius 1 is 1.33 bits per heavy atom. The number of nitrogens with zero attached hydrogens (tertiary/aromatic N) is 2. The van der Waals surface area contributed by atoms with Gasteiger partial charge in [0.1, 0.15) is 4.21 Å². The van der Waals surface area contributed by atoms with Crippen molar-refractivity contribution in [2.75, 3.05) is 4.72 Å². The molecule has 10 heteroatoms. The number of hydrogen-bond donors (Lipinski definition) is 2. The number of carbonyl (C=O) groups is 1. The second kappa shape index (κ2) is 6.27. The van der Waals surface area contributed by atoms with Gasteiger partial charge in [-0.15, -0.1) is 11.3 Å². The summed E-state index contributed by atoms with van der Waals surface area (Å²) in [6.07, 6.45) is 3.31. The molecule has 124 valence electrons. The summed E-state index contributed by atoms with van der Waals surface area (Å²) < 4.78 is 28.5. The minimum atomic E-state index is -3.89. The van der Waals surface area contributed by atoms with E-state index in [1.54, 1.807) is 35.3 Å². The van der Waals surface area contributed by atoms with Gasteiger partial charge in [-0.25, -0.2) is 17.9 Å². The molecular formula is C14H10ClN3O4S2. The third-order valence-corrected chi connectivity index (χ3v) is 6.16. The summed E-state index contributed by atoms with van der Waals surface area (Å²) in [5.41, 5.74) is 0.794. The van der Waals surface area contributed by atoms with Gasteiger partial charge in [-0.05, 0) is 30.3 Å². The average Bonchev–Trinajstić information content (AvgIpc) is 3.19. The van der Waals surface area contributed by atoms with Crippen LogP contribution in [0.1, 0.15) is 10.4 Å². The Hall–Kier alpha value is -2.36. The molecule has 0 fully saturated rings. The van der Waals surface area contributed by atoms with E-state index in [9.17, 15) is 13.2 Å². The predicted molar refractivity (Wildman–Crippen MR) is 90.7 cm³/mol. The zero-order valence-electron chi connectivity index (χ0n) is 11.9. The van der Waals surface area contributed by atoms with Crippen LogP contribution in [0.15, 0.2) is 52.3 Å². The van der Waals surface area contributed by atoms with Gasteiger partial charge in [-0.1, -0.05) is 11.6 Å². The van der Waals surface area contributed by atoms with Gasteiger partial charge in [0.05, 0.1) is 22.0 Å². The first-order chi connectivity index (χ1) is 11.4. The molecule has 0 aliphatic heterocycles. The van der Waals surface area contributed by atoms with Crippen LogP contribution in [0.4, 0.5) is 5.69 Å². The molecule has 0 bridgehead atoms. The van der Waals surface area contributed by atoms with E-state index in [4.69, 9.17) is 16.7 Å². The van der Waals surface area contributed by atoms with Gasteiger partial charge < -0.3 is 5.11 Å². The molecule has 2 heterocycles. The molecule has 2 N–H and O–H groups in total. The van der Waals surface area contributed by atoms with Crippen molar-refractivity contribution in [2.24, 2.45) is 0 Å². The third kappa shape index (κ3) is 3.28. The van der Waals surface area contributed by atoms with Crippen molar-refractivity contribution in [2.45, 2.75) is 4.21 Å². The topological polar surface area (TPSA) is 101 Å². The molecule has 2 aromatic heterocycles. The number of aromatic carboxylic acids is 1. The van der Waals surface area contributed by atoms with Crippen LogP contribution in [0.2, 0.25) is 5.02 Å². The van der Waals surface area contributed by atoms with Crippen LogP contribution in [-0.4, -0.2) is 29.3 Å². The van der Waals surface area contributed by atoms with Crippen LogP contribution in [0.3, 0.4) is 0 Å². The lowest BCUT2D eigenvalue weighted by Gasteiger charge is -2.09. The molecule has 3 rings (SSSR count). The maximum Gasteiger partial charge on any atom is 0.336 e. The van der Waals surface area contributed by atoms with Crippen LogP contribution in [0.25, 0.3) is 5.69 Å². The Bertz CT molecular complexity index is 997. The van der Waals surface area contributed by atoms with Gasteiger partial charge in [-0.2, -0.15) is 5.10 Å². The monoisotopic (exact) mass is 383 g/mol. The fourth-order valence-electron chi connectivity index (χ4n) is 1.94. The number of nitrogens with one attached hydrogen (secondary N) is 1. The van der Waals surface area contributed by atoms with E-state index in [0.717, 1.165) is 17.4 Å². The molecule has 0 amide bonds. The lowest BCUT2D eigenvalue weighted by atomic mass is 10.3. The van der Waals surface area contributed by atoms with Crippen LogP contribution >= 0.6 is 22.9 Å². The molecule has 0 spiro atoms. The molecule has 0 radical (unpaired) electrons. The van der Waals surface area contributed by atoms with Crippen molar-refractivity contribution < 1.29 is 18.3 Å². The van der Waals surface area contributed by atoms with Gasteiger partial charge in [0.15, 0.2) is 0 Å². The van der Waals surface area contributed by atoms with Crippen LogP contribution < -0.4 is 4.72 Å². The number of thiophene rings is 1. The lowest BCUT2D eigenvalue weighted by Crippen LogP contribution is -2.11. The van der Waals surface area contributed by atoms with E-state index in [1.165, 1.54) is 11.4 Å². The van der Waals surface area contributed by atoms with Crippen LogP contribution in [0.5, 0.6) is 0 Å². The van der Waals surface area contributed by atoms with Crippen molar-refractivity contribution in [3.05, 3.63) is 58.7 Å². The molecule has 1 aromatic carbocycles. The normalized spacial score (nSPS) is 11.4. The van der Waals surface area contributed by atoms with E-state index >= 15 is 0 Å². The summed E-state index contributed by atoms with van der Waals surface area (Å²) in [5, 5.41) is 14.5. The summed E-state index contributed by atoms with van der Waals surface area (Å²) in [4.78, 5) is 10.9. The Morgan fingerprint density at radius 3 is 2.71 bits per heavy atom. The highest BCUT2D eigenvalue weighted by Gasteiger charge is 2.19. The highest BCUT2D eigenvalue weighted by atomic mass is 35.5. The fourth-order valence-corrected chi connectivity index (χ4v) is 4.41. The molecule has 3 aromatic rings. The minimum Gasteiger partial charge on any atom is -0.478 e. The first-order valence-corrected chi connectivity index (χ1v) is 9.25. The van der Waals surface area contributed by atoms with Gasteiger partial charge >= 0.3 is 5.97 Å². The molecule has 0 saturated carbocycles. The molecule has 0 saturated heterocycles. The van der Waals surface area contributed by atoms with Gasteiger partial charge in [0.2, 0.25) is 0 Å². The van der Waals surface area contributed by atoms with E-state index in [2.05, 4.69) is 9.82 Å². The van der Waals surface area contributed by atoms with Crippen molar-refractivity contribution in [3.63, 3.8) is 0 Å². The highest BCUT2D eigenvalue weighted by Crippen LogP contribution is 2.27. The van der Waals surface area contributed by atoms with E-state index < -0.39 is 16.0 Å². The number of rotatable bonds is 5. The minimum absolute atomic E-state index is 0.0764. The van der Waals surface area contributed by atoms with E-state index in [1.807, 2.05) is 0 Å². The summed E-state index contributed by atoms with van der Waals surface area (Å²) in [5.74, 6) is -1.18. The number of anilines is 1. The number of carboxylic acids is 1. The van der Waals surface area contributed by atoms with Crippen LogP contribution in [-0.2, 0) is 10.0 Å². The number of sulfonamides is 1. The lowest BCUT2D eigenvalue weighted by molar-refractivity contribution is 0.0697. The Balaban J connectivity index is 1.87. The van der Waals surface area contributed by atoms with Gasteiger partial charge in [-0.3, -0.25) is 4.72 Å². The molecule has 0 aliphatic carbocycles. The SMILES string of the molecule is O=C(O)c1csc(S(=O)(=O)Nc2ccc(-n3cccn3)c(Cl)c2)c1. The zero-order chi connectivity index (χ0) is 17.3. The summed E-state index contributed by atoms with van der Waals surface area (Å²) in [6, 6.07) is 7.48. The average molecular weight is 384 g/mol. The van der Waals surface area contributed by atoms with Gasteiger partial charge in [0, 0.05) is 17.8 Å². The van der Waals surface area contributed by atoms with Gasteiger partial charge in [0.25, 0.3) is 10.0 Å². The van der Waals surface area contributed by atoms with Crippen molar-refractivity contribution in [1.29, 1.82) is 0 Å². The Labute approximate surface area is 146 Å². The molecule has 7 nitrogen and oxygen atoms in total. The quantitative estimate of drug-likeness (QED) is 0.705. The third-order valence-electron chi connectivity index (χ3n) is 3.04. The summed E-state index contributed by atoms with van der Waals surface area (Å²) in [7, 11) is -3.89. The number of aromatic nitrogens is 2. The Kier molecular flexibility index (Phi) is 4.31. The van der Waals surface area contributed by atoms with Crippen molar-refractivity contribution >= 4 is 44.6 Å². The van der Waals surface area contributed by atoms with Crippen LogP contribution in [0, 0.1) is 0 Å². The molecule has 24 heavy (non-hydrogen) atoms. The van der Waals surface area contributed by atoms with E-state index in [0.29, 0.717) is 10.7 Å². The largest absolute Gasteiger partial charge is 0.478 e. The first-order valence-electron chi connectivity index (χ1n) is 6.51. The fraction of sp³-hybridized carbons (Fsp3) is 0. The Morgan fingerprint density at radius 2 is 2.12 bits per heavy atom. The number of carboxylic acid groups (broad SMARTS) is 1. The summed E-state index contributed by atoms with van der Waals surface area (Å²) in [6.45, 7) is 0. The predicted octanol–water partition coefficient (Wildman–Crippen LogP) is 3.09. The highest BCUT2D eigenvalue weighted by molar-refractivity contribution is 7.94. The smallest absolute Gasteiger partial charge is 0.336 e. The number of halogens is 1. The molecule has 0 unspecified atom stereocenters. The maximum absolute atomic E-state index is 12.3. The molecule has 0 atom stereocenters. The van der Waals surface area contributed by atoms with E-state index in [-0.39, 0.29) is 15.5 Å². The number of benzene rings is 1. The molecule has 0 aliphatic rings. The number of hydrogen-bond acceptors (Lipinski definition) is 5. The first kappa shape index (κ1) is 16.5. The maximum atomic E-state index is 12.3. The van der Waals surface area contributed by atoms with Crippen molar-refractivity contribution in [3.8, 4) is 5.69 Å². The standard InChI is InChI=1S/C14H10ClN3O4S2/c15-11-7-10(2-3-12(11)18-5-1-4-16-18)17-24(21,22)13-6-9(8-23-13)14(19)20/h1-8,17H,(H,19,20). The second-order valence-electron chi connectivity index (χ2n) is 4.68. The molecular weight excluding hydrogens is 374 g/mol. The zero-order valence-corrected chi connectivity index (χ0v) is 14.3.